The van der Waals surface area contributed by atoms with Crippen LogP contribution in [0.25, 0.3) is 0 Å². The third-order valence-electron chi connectivity index (χ3n) is 3.09. The monoisotopic (exact) mass is 278 g/mol. The van der Waals surface area contributed by atoms with Crippen LogP contribution in [-0.4, -0.2) is 13.2 Å². The van der Waals surface area contributed by atoms with E-state index in [2.05, 4.69) is 11.4 Å². The summed E-state index contributed by atoms with van der Waals surface area (Å²) in [5.74, 6) is 0.456. The fourth-order valence-electron chi connectivity index (χ4n) is 1.84. The minimum Gasteiger partial charge on any atom is -0.493 e. The normalized spacial score (nSPS) is 11.2. The summed E-state index contributed by atoms with van der Waals surface area (Å²) in [6.45, 7) is 7.79. The Morgan fingerprint density at radius 2 is 2.15 bits per heavy atom. The molecule has 0 radical (unpaired) electrons. The zero-order valence-corrected chi connectivity index (χ0v) is 12.5. The second-order valence-corrected chi connectivity index (χ2v) is 5.48. The van der Waals surface area contributed by atoms with Gasteiger partial charge in [-0.15, -0.1) is 0 Å². The second-order valence-electron chi connectivity index (χ2n) is 5.48. The Hall–Kier alpha value is -1.60. The molecule has 0 amide bonds. The highest BCUT2D eigenvalue weighted by Gasteiger charge is 2.15. The Balaban J connectivity index is 2.53. The van der Waals surface area contributed by atoms with Crippen LogP contribution in [0.15, 0.2) is 18.2 Å². The average Bonchev–Trinajstić information content (AvgIpc) is 2.43. The van der Waals surface area contributed by atoms with Gasteiger partial charge in [-0.25, -0.2) is 4.39 Å². The molecule has 4 heteroatoms. The van der Waals surface area contributed by atoms with Gasteiger partial charge in [0.25, 0.3) is 0 Å². The summed E-state index contributed by atoms with van der Waals surface area (Å²) in [6, 6.07) is 6.84. The smallest absolute Gasteiger partial charge is 0.123 e. The topological polar surface area (TPSA) is 45.0 Å². The van der Waals surface area contributed by atoms with Crippen LogP contribution in [0.2, 0.25) is 0 Å². The van der Waals surface area contributed by atoms with Crippen molar-refractivity contribution in [3.05, 3.63) is 29.6 Å². The number of hydrogen-bond donors (Lipinski definition) is 1. The number of rotatable bonds is 8. The van der Waals surface area contributed by atoms with Gasteiger partial charge in [0.1, 0.15) is 11.6 Å². The van der Waals surface area contributed by atoms with Crippen LogP contribution in [0, 0.1) is 22.6 Å². The van der Waals surface area contributed by atoms with Gasteiger partial charge >= 0.3 is 0 Å². The minimum atomic E-state index is -0.321. The molecule has 0 aliphatic rings. The molecule has 0 unspecified atom stereocenters. The van der Waals surface area contributed by atoms with Crippen LogP contribution >= 0.6 is 0 Å². The molecule has 1 N–H and O–H groups in total. The molecule has 3 nitrogen and oxygen atoms in total. The number of nitrogens with one attached hydrogen (secondary N) is 1. The summed E-state index contributed by atoms with van der Waals surface area (Å²) >= 11 is 0. The van der Waals surface area contributed by atoms with E-state index in [1.54, 1.807) is 6.07 Å². The van der Waals surface area contributed by atoms with Gasteiger partial charge in [0.15, 0.2) is 0 Å². The summed E-state index contributed by atoms with van der Waals surface area (Å²) in [6.07, 6.45) is 1.59. The first-order valence-electron chi connectivity index (χ1n) is 7.01. The summed E-state index contributed by atoms with van der Waals surface area (Å²) in [7, 11) is 0. The molecule has 0 spiro atoms. The van der Waals surface area contributed by atoms with Crippen LogP contribution in [-0.2, 0) is 6.54 Å². The number of nitrogens with zero attached hydrogens (tertiary/aromatic N) is 1. The maximum absolute atomic E-state index is 13.2. The first-order valence-corrected chi connectivity index (χ1v) is 7.01. The van der Waals surface area contributed by atoms with E-state index in [1.807, 2.05) is 20.8 Å². The third kappa shape index (κ3) is 5.58. The zero-order valence-electron chi connectivity index (χ0n) is 12.5. The lowest BCUT2D eigenvalue weighted by Gasteiger charge is -2.16. The molecule has 0 aromatic heterocycles. The first kappa shape index (κ1) is 16.5. The molecular formula is C16H23FN2O. The number of halogens is 1. The van der Waals surface area contributed by atoms with E-state index in [0.29, 0.717) is 18.9 Å². The Labute approximate surface area is 120 Å². The van der Waals surface area contributed by atoms with E-state index in [0.717, 1.165) is 24.9 Å². The van der Waals surface area contributed by atoms with Crippen molar-refractivity contribution in [2.75, 3.05) is 13.2 Å². The van der Waals surface area contributed by atoms with Gasteiger partial charge in [0.05, 0.1) is 18.1 Å². The molecule has 0 saturated heterocycles. The summed E-state index contributed by atoms with van der Waals surface area (Å²) in [5, 5.41) is 12.1. The number of benzene rings is 1. The predicted molar refractivity (Wildman–Crippen MR) is 77.9 cm³/mol. The van der Waals surface area contributed by atoms with E-state index >= 15 is 0 Å². The molecule has 20 heavy (non-hydrogen) atoms. The molecule has 110 valence electrons. The molecule has 1 rings (SSSR count). The van der Waals surface area contributed by atoms with Gasteiger partial charge in [0.2, 0.25) is 0 Å². The Bertz CT molecular complexity index is 466. The molecule has 1 aromatic carbocycles. The maximum Gasteiger partial charge on any atom is 0.123 e. The van der Waals surface area contributed by atoms with Crippen LogP contribution in [0.5, 0.6) is 5.75 Å². The molecule has 0 aliphatic heterocycles. The van der Waals surface area contributed by atoms with Crippen LogP contribution < -0.4 is 10.1 Å². The fourth-order valence-corrected chi connectivity index (χ4v) is 1.84. The second kappa shape index (κ2) is 7.86. The zero-order chi connectivity index (χ0) is 15.0. The fraction of sp³-hybridized carbons (Fsp3) is 0.562. The van der Waals surface area contributed by atoms with Crippen molar-refractivity contribution in [3.8, 4) is 11.8 Å². The summed E-state index contributed by atoms with van der Waals surface area (Å²) in [5.41, 5.74) is 0.505. The van der Waals surface area contributed by atoms with E-state index in [1.165, 1.54) is 12.1 Å². The van der Waals surface area contributed by atoms with Crippen molar-refractivity contribution < 1.29 is 9.13 Å². The third-order valence-corrected chi connectivity index (χ3v) is 3.09. The number of ether oxygens (including phenoxy) is 1. The SMILES string of the molecule is CCNCc1cc(F)ccc1OCCCC(C)(C)C#N. The van der Waals surface area contributed by atoms with Crippen molar-refractivity contribution in [3.63, 3.8) is 0 Å². The van der Waals surface area contributed by atoms with E-state index < -0.39 is 0 Å². The van der Waals surface area contributed by atoms with Crippen LogP contribution in [0.3, 0.4) is 0 Å². The standard InChI is InChI=1S/C16H23FN2O/c1-4-19-11-13-10-14(17)6-7-15(13)20-9-5-8-16(2,3)12-18/h6-7,10,19H,4-5,8-9,11H2,1-3H3. The molecule has 0 heterocycles. The van der Waals surface area contributed by atoms with Crippen LogP contribution in [0.1, 0.15) is 39.2 Å². The van der Waals surface area contributed by atoms with Gasteiger partial charge in [-0.05, 0) is 51.4 Å². The molecule has 0 aliphatic carbocycles. The van der Waals surface area contributed by atoms with Crippen molar-refractivity contribution in [1.29, 1.82) is 5.26 Å². The quantitative estimate of drug-likeness (QED) is 0.738. The number of nitriles is 1. The van der Waals surface area contributed by atoms with Gasteiger partial charge < -0.3 is 10.1 Å². The van der Waals surface area contributed by atoms with Crippen molar-refractivity contribution in [1.82, 2.24) is 5.32 Å². The van der Waals surface area contributed by atoms with Gasteiger partial charge in [-0.2, -0.15) is 5.26 Å². The van der Waals surface area contributed by atoms with Crippen molar-refractivity contribution in [2.45, 2.75) is 40.2 Å². The molecule has 0 bridgehead atoms. The average molecular weight is 278 g/mol. The minimum absolute atomic E-state index is 0.254. The van der Waals surface area contributed by atoms with E-state index in [9.17, 15) is 4.39 Å². The van der Waals surface area contributed by atoms with Gasteiger partial charge in [-0.3, -0.25) is 0 Å². The Morgan fingerprint density at radius 3 is 2.80 bits per heavy atom. The van der Waals surface area contributed by atoms with Crippen LogP contribution in [0.4, 0.5) is 4.39 Å². The molecular weight excluding hydrogens is 255 g/mol. The largest absolute Gasteiger partial charge is 0.493 e. The predicted octanol–water partition coefficient (Wildman–Crippen LogP) is 3.64. The van der Waals surface area contributed by atoms with E-state index in [-0.39, 0.29) is 11.2 Å². The van der Waals surface area contributed by atoms with Crippen molar-refractivity contribution in [2.24, 2.45) is 5.41 Å². The lowest BCUT2D eigenvalue weighted by molar-refractivity contribution is 0.281. The summed E-state index contributed by atoms with van der Waals surface area (Å²) < 4.78 is 19.0. The number of hydrogen-bond acceptors (Lipinski definition) is 3. The first-order chi connectivity index (χ1) is 9.48. The molecule has 0 fully saturated rings. The van der Waals surface area contributed by atoms with Gasteiger partial charge in [-0.1, -0.05) is 6.92 Å². The molecule has 0 atom stereocenters. The highest BCUT2D eigenvalue weighted by molar-refractivity contribution is 5.33. The lowest BCUT2D eigenvalue weighted by atomic mass is 9.90. The maximum atomic E-state index is 13.2. The highest BCUT2D eigenvalue weighted by atomic mass is 19.1. The van der Waals surface area contributed by atoms with E-state index in [4.69, 9.17) is 10.00 Å². The Morgan fingerprint density at radius 1 is 1.40 bits per heavy atom. The molecule has 1 aromatic rings. The Kier molecular flexibility index (Phi) is 6.47. The van der Waals surface area contributed by atoms with Gasteiger partial charge in [0, 0.05) is 12.1 Å². The lowest BCUT2D eigenvalue weighted by Crippen LogP contribution is -2.14. The summed E-state index contributed by atoms with van der Waals surface area (Å²) in [4.78, 5) is 0. The molecule has 0 saturated carbocycles. The highest BCUT2D eigenvalue weighted by Crippen LogP contribution is 2.23. The van der Waals surface area contributed by atoms with Crippen molar-refractivity contribution >= 4 is 0 Å².